The largest absolute Gasteiger partial charge is 0.508 e. The molecule has 2 rings (SSSR count). The van der Waals surface area contributed by atoms with E-state index >= 15 is 0 Å². The molecule has 0 saturated carbocycles. The number of hydrogen-bond acceptors (Lipinski definition) is 4. The van der Waals surface area contributed by atoms with Crippen LogP contribution in [0, 0.1) is 15.9 Å². The number of ether oxygens (including phenoxy) is 1. The molecule has 2 aromatic carbocycles. The molecule has 0 saturated heterocycles. The highest BCUT2D eigenvalue weighted by atomic mass is 19.1. The Morgan fingerprint density at radius 3 is 2.47 bits per heavy atom. The first kappa shape index (κ1) is 12.8. The van der Waals surface area contributed by atoms with Crippen LogP contribution in [0.1, 0.15) is 5.56 Å². The molecule has 0 aliphatic carbocycles. The molecule has 0 aliphatic heterocycles. The Morgan fingerprint density at radius 1 is 1.21 bits per heavy atom. The lowest BCUT2D eigenvalue weighted by Crippen LogP contribution is -1.98. The van der Waals surface area contributed by atoms with Gasteiger partial charge in [0.1, 0.15) is 18.1 Å². The Kier molecular flexibility index (Phi) is 3.61. The smallest absolute Gasteiger partial charge is 0.304 e. The fraction of sp³-hybridized carbons (Fsp3) is 0.0769. The summed E-state index contributed by atoms with van der Waals surface area (Å²) >= 11 is 0. The van der Waals surface area contributed by atoms with Crippen molar-refractivity contribution >= 4 is 5.69 Å². The van der Waals surface area contributed by atoms with Crippen LogP contribution in [0.2, 0.25) is 0 Å². The van der Waals surface area contributed by atoms with Gasteiger partial charge < -0.3 is 9.84 Å². The molecule has 0 aliphatic rings. The van der Waals surface area contributed by atoms with Crippen molar-refractivity contribution in [2.24, 2.45) is 0 Å². The lowest BCUT2D eigenvalue weighted by Gasteiger charge is -2.06. The monoisotopic (exact) mass is 263 g/mol. The second kappa shape index (κ2) is 5.34. The van der Waals surface area contributed by atoms with Crippen molar-refractivity contribution < 1.29 is 19.2 Å². The predicted molar refractivity (Wildman–Crippen MR) is 65.5 cm³/mol. The summed E-state index contributed by atoms with van der Waals surface area (Å²) in [6.07, 6.45) is 0. The standard InChI is InChI=1S/C13H10FNO4/c14-12-7-9(1-6-13(12)15(17)18)8-19-11-4-2-10(16)3-5-11/h1-7,16H,8H2. The molecule has 0 atom stereocenters. The third-order valence-corrected chi connectivity index (χ3v) is 2.45. The van der Waals surface area contributed by atoms with Gasteiger partial charge in [0.05, 0.1) is 4.92 Å². The van der Waals surface area contributed by atoms with Crippen molar-refractivity contribution in [2.45, 2.75) is 6.61 Å². The van der Waals surface area contributed by atoms with Gasteiger partial charge in [-0.3, -0.25) is 10.1 Å². The Morgan fingerprint density at radius 2 is 1.89 bits per heavy atom. The van der Waals surface area contributed by atoms with Crippen LogP contribution in [0.3, 0.4) is 0 Å². The molecule has 19 heavy (non-hydrogen) atoms. The molecule has 0 heterocycles. The van der Waals surface area contributed by atoms with Crippen LogP contribution in [0.15, 0.2) is 42.5 Å². The van der Waals surface area contributed by atoms with Crippen molar-refractivity contribution in [1.29, 1.82) is 0 Å². The first-order chi connectivity index (χ1) is 9.06. The van der Waals surface area contributed by atoms with Gasteiger partial charge in [0.2, 0.25) is 5.82 Å². The second-order valence-electron chi connectivity index (χ2n) is 3.83. The van der Waals surface area contributed by atoms with E-state index in [1.807, 2.05) is 0 Å². The van der Waals surface area contributed by atoms with E-state index in [9.17, 15) is 14.5 Å². The number of rotatable bonds is 4. The summed E-state index contributed by atoms with van der Waals surface area (Å²) in [4.78, 5) is 9.68. The van der Waals surface area contributed by atoms with Crippen molar-refractivity contribution in [1.82, 2.24) is 0 Å². The Hall–Kier alpha value is -2.63. The van der Waals surface area contributed by atoms with Crippen LogP contribution in [0.25, 0.3) is 0 Å². The quantitative estimate of drug-likeness (QED) is 0.679. The molecular weight excluding hydrogens is 253 g/mol. The molecule has 0 unspecified atom stereocenters. The van der Waals surface area contributed by atoms with Crippen LogP contribution in [0.4, 0.5) is 10.1 Å². The average molecular weight is 263 g/mol. The van der Waals surface area contributed by atoms with E-state index in [0.29, 0.717) is 11.3 Å². The highest BCUT2D eigenvalue weighted by Crippen LogP contribution is 2.20. The van der Waals surface area contributed by atoms with Crippen LogP contribution in [0.5, 0.6) is 11.5 Å². The summed E-state index contributed by atoms with van der Waals surface area (Å²) in [7, 11) is 0. The summed E-state index contributed by atoms with van der Waals surface area (Å²) in [6, 6.07) is 9.66. The maximum Gasteiger partial charge on any atom is 0.304 e. The third kappa shape index (κ3) is 3.19. The Labute approximate surface area is 108 Å². The molecule has 6 heteroatoms. The normalized spacial score (nSPS) is 10.2. The van der Waals surface area contributed by atoms with Crippen molar-refractivity contribution in [3.8, 4) is 11.5 Å². The zero-order valence-electron chi connectivity index (χ0n) is 9.75. The highest BCUT2D eigenvalue weighted by Gasteiger charge is 2.13. The van der Waals surface area contributed by atoms with E-state index in [-0.39, 0.29) is 12.4 Å². The van der Waals surface area contributed by atoms with Gasteiger partial charge in [-0.2, -0.15) is 4.39 Å². The zero-order valence-corrected chi connectivity index (χ0v) is 9.75. The second-order valence-corrected chi connectivity index (χ2v) is 3.83. The molecule has 0 aromatic heterocycles. The van der Waals surface area contributed by atoms with Gasteiger partial charge in [-0.25, -0.2) is 0 Å². The minimum absolute atomic E-state index is 0.0830. The predicted octanol–water partition coefficient (Wildman–Crippen LogP) is 3.02. The minimum Gasteiger partial charge on any atom is -0.508 e. The summed E-state index contributed by atoms with van der Waals surface area (Å²) in [5, 5.41) is 19.5. The molecular formula is C13H10FNO4. The summed E-state index contributed by atoms with van der Waals surface area (Å²) in [6.45, 7) is 0.0830. The molecule has 0 spiro atoms. The van der Waals surface area contributed by atoms with Gasteiger partial charge in [0, 0.05) is 6.07 Å². The van der Waals surface area contributed by atoms with Crippen LogP contribution >= 0.6 is 0 Å². The third-order valence-electron chi connectivity index (χ3n) is 2.45. The maximum atomic E-state index is 13.3. The molecule has 5 nitrogen and oxygen atoms in total. The number of nitro benzene ring substituents is 1. The topological polar surface area (TPSA) is 72.6 Å². The Balaban J connectivity index is 2.06. The summed E-state index contributed by atoms with van der Waals surface area (Å²) < 4.78 is 18.7. The summed E-state index contributed by atoms with van der Waals surface area (Å²) in [5.41, 5.74) is -0.0791. The number of aromatic hydroxyl groups is 1. The molecule has 2 aromatic rings. The van der Waals surface area contributed by atoms with E-state index in [2.05, 4.69) is 0 Å². The first-order valence-corrected chi connectivity index (χ1v) is 5.41. The number of nitrogens with zero attached hydrogens (tertiary/aromatic N) is 1. The van der Waals surface area contributed by atoms with Gasteiger partial charge in [-0.15, -0.1) is 0 Å². The van der Waals surface area contributed by atoms with Gasteiger partial charge in [0.15, 0.2) is 0 Å². The van der Waals surface area contributed by atoms with Crippen LogP contribution in [-0.4, -0.2) is 10.0 Å². The molecule has 1 N–H and O–H groups in total. The zero-order chi connectivity index (χ0) is 13.8. The molecule has 0 amide bonds. The Bertz CT molecular complexity index is 598. The SMILES string of the molecule is O=[N+]([O-])c1ccc(COc2ccc(O)cc2)cc1F. The van der Waals surface area contributed by atoms with E-state index < -0.39 is 16.4 Å². The molecule has 0 bridgehead atoms. The number of benzene rings is 2. The van der Waals surface area contributed by atoms with E-state index in [4.69, 9.17) is 9.84 Å². The minimum atomic E-state index is -0.892. The van der Waals surface area contributed by atoms with Gasteiger partial charge >= 0.3 is 5.69 Å². The molecule has 0 radical (unpaired) electrons. The van der Waals surface area contributed by atoms with E-state index in [1.54, 1.807) is 12.1 Å². The lowest BCUT2D eigenvalue weighted by atomic mass is 10.2. The van der Waals surface area contributed by atoms with Crippen molar-refractivity contribution in [3.63, 3.8) is 0 Å². The highest BCUT2D eigenvalue weighted by molar-refractivity contribution is 5.35. The summed E-state index contributed by atoms with van der Waals surface area (Å²) in [5.74, 6) is -0.262. The van der Waals surface area contributed by atoms with Crippen LogP contribution in [-0.2, 0) is 6.61 Å². The maximum absolute atomic E-state index is 13.3. The van der Waals surface area contributed by atoms with Crippen molar-refractivity contribution in [2.75, 3.05) is 0 Å². The number of phenols is 1. The van der Waals surface area contributed by atoms with E-state index in [0.717, 1.165) is 12.1 Å². The average Bonchev–Trinajstić information content (AvgIpc) is 2.37. The van der Waals surface area contributed by atoms with Gasteiger partial charge in [-0.05, 0) is 42.0 Å². The molecule has 98 valence electrons. The fourth-order valence-electron chi connectivity index (χ4n) is 1.50. The first-order valence-electron chi connectivity index (χ1n) is 5.41. The molecule has 0 fully saturated rings. The van der Waals surface area contributed by atoms with Gasteiger partial charge in [0.25, 0.3) is 0 Å². The number of halogens is 1. The number of nitro groups is 1. The van der Waals surface area contributed by atoms with Crippen LogP contribution < -0.4 is 4.74 Å². The van der Waals surface area contributed by atoms with Gasteiger partial charge in [-0.1, -0.05) is 0 Å². The van der Waals surface area contributed by atoms with E-state index in [1.165, 1.54) is 18.2 Å². The fourth-order valence-corrected chi connectivity index (χ4v) is 1.50. The number of phenolic OH excluding ortho intramolecular Hbond substituents is 1. The number of hydrogen-bond donors (Lipinski definition) is 1. The van der Waals surface area contributed by atoms with Crippen molar-refractivity contribution in [3.05, 3.63) is 64.0 Å². The lowest BCUT2D eigenvalue weighted by molar-refractivity contribution is -0.387.